The molecule has 1 heterocycles. The molecular formula is C57H78N2O10. The van der Waals surface area contributed by atoms with E-state index in [0.29, 0.717) is 78.8 Å². The molecule has 376 valence electrons. The molecule has 69 heavy (non-hydrogen) atoms. The molecule has 3 aromatic rings. The van der Waals surface area contributed by atoms with Gasteiger partial charge in [-0.25, -0.2) is 4.79 Å². The molecule has 1 saturated carbocycles. The Labute approximate surface area is 411 Å². The van der Waals surface area contributed by atoms with E-state index in [9.17, 15) is 14.4 Å². The van der Waals surface area contributed by atoms with Crippen molar-refractivity contribution in [1.29, 1.82) is 0 Å². The van der Waals surface area contributed by atoms with E-state index >= 15 is 0 Å². The van der Waals surface area contributed by atoms with Crippen LogP contribution in [0.1, 0.15) is 151 Å². The summed E-state index contributed by atoms with van der Waals surface area (Å²) in [5.41, 5.74) is 2.41. The molecule has 0 unspecified atom stereocenters. The molecule has 2 aliphatic carbocycles. The van der Waals surface area contributed by atoms with Crippen LogP contribution < -0.4 is 33.7 Å². The number of benzene rings is 3. The topological polar surface area (TPSA) is 131 Å². The number of fused-ring (bicyclic) bond motifs is 1. The van der Waals surface area contributed by atoms with E-state index in [-0.39, 0.29) is 18.4 Å². The Morgan fingerprint density at radius 2 is 1.38 bits per heavy atom. The highest BCUT2D eigenvalue weighted by Crippen LogP contribution is 2.55. The van der Waals surface area contributed by atoms with Crippen LogP contribution in [0, 0.1) is 29.6 Å². The van der Waals surface area contributed by atoms with Crippen molar-refractivity contribution in [2.24, 2.45) is 17.8 Å². The van der Waals surface area contributed by atoms with Gasteiger partial charge in [-0.3, -0.25) is 9.59 Å². The maximum atomic E-state index is 14.5. The largest absolute Gasteiger partial charge is 0.493 e. The number of unbranched alkanes of at least 4 members (excludes halogenated alkanes) is 7. The van der Waals surface area contributed by atoms with Crippen molar-refractivity contribution in [3.8, 4) is 46.3 Å². The van der Waals surface area contributed by atoms with Gasteiger partial charge in [0, 0.05) is 25.9 Å². The number of nitrogens with one attached hydrogen (secondary N) is 1. The van der Waals surface area contributed by atoms with Crippen LogP contribution in [-0.2, 0) is 25.5 Å². The Morgan fingerprint density at radius 3 is 2.03 bits per heavy atom. The summed E-state index contributed by atoms with van der Waals surface area (Å²) >= 11 is 0. The molecule has 0 bridgehead atoms. The first-order valence-electron chi connectivity index (χ1n) is 25.7. The zero-order valence-corrected chi connectivity index (χ0v) is 42.2. The first-order chi connectivity index (χ1) is 33.7. The summed E-state index contributed by atoms with van der Waals surface area (Å²) in [7, 11) is 7.83. The zero-order valence-electron chi connectivity index (χ0n) is 42.2. The Kier molecular flexibility index (Phi) is 21.1. The van der Waals surface area contributed by atoms with E-state index in [0.717, 1.165) is 67.4 Å². The molecule has 12 nitrogen and oxygen atoms in total. The van der Waals surface area contributed by atoms with Gasteiger partial charge >= 0.3 is 5.97 Å². The molecule has 3 aromatic carbocycles. The fourth-order valence-electron chi connectivity index (χ4n) is 10.6. The van der Waals surface area contributed by atoms with E-state index in [4.69, 9.17) is 33.2 Å². The van der Waals surface area contributed by atoms with Gasteiger partial charge in [0.1, 0.15) is 17.9 Å². The van der Waals surface area contributed by atoms with Crippen molar-refractivity contribution in [3.05, 3.63) is 71.3 Å². The number of esters is 1. The van der Waals surface area contributed by atoms with Gasteiger partial charge in [0.15, 0.2) is 29.6 Å². The van der Waals surface area contributed by atoms with Gasteiger partial charge in [0.2, 0.25) is 11.7 Å². The monoisotopic (exact) mass is 951 g/mol. The van der Waals surface area contributed by atoms with Gasteiger partial charge in [-0.2, -0.15) is 0 Å². The lowest BCUT2D eigenvalue weighted by Gasteiger charge is -2.37. The summed E-state index contributed by atoms with van der Waals surface area (Å²) in [5, 5.41) is 3.01. The van der Waals surface area contributed by atoms with Crippen LogP contribution in [0.4, 0.5) is 0 Å². The molecular weight excluding hydrogens is 873 g/mol. The number of nitrogens with zero attached hydrogens (tertiary/aromatic N) is 1. The first-order valence-corrected chi connectivity index (χ1v) is 25.7. The Morgan fingerprint density at radius 1 is 0.710 bits per heavy atom. The molecule has 6 atom stereocenters. The van der Waals surface area contributed by atoms with Crippen molar-refractivity contribution in [3.63, 3.8) is 0 Å². The number of piperidine rings is 1. The second-order valence-corrected chi connectivity index (χ2v) is 18.9. The van der Waals surface area contributed by atoms with Gasteiger partial charge in [0.05, 0.1) is 41.5 Å². The average molecular weight is 951 g/mol. The maximum Gasteiger partial charge on any atom is 0.329 e. The quantitative estimate of drug-likeness (QED) is 0.0426. The van der Waals surface area contributed by atoms with Crippen molar-refractivity contribution >= 4 is 17.8 Å². The minimum absolute atomic E-state index is 0.126. The molecule has 0 spiro atoms. The molecule has 12 heteroatoms. The lowest BCUT2D eigenvalue weighted by Crippen LogP contribution is -2.50. The fourth-order valence-corrected chi connectivity index (χ4v) is 10.6. The van der Waals surface area contributed by atoms with E-state index < -0.39 is 24.0 Å². The molecule has 2 fully saturated rings. The van der Waals surface area contributed by atoms with Crippen LogP contribution in [0.5, 0.6) is 34.5 Å². The third-order valence-electron chi connectivity index (χ3n) is 14.5. The first kappa shape index (κ1) is 52.8. The summed E-state index contributed by atoms with van der Waals surface area (Å²) < 4.78 is 40.2. The van der Waals surface area contributed by atoms with Gasteiger partial charge in [-0.05, 0) is 135 Å². The minimum Gasteiger partial charge on any atom is -0.493 e. The zero-order chi connectivity index (χ0) is 49.0. The fraction of sp³-hybridized carbons (Fsp3) is 0.596. The second kappa shape index (κ2) is 27.6. The van der Waals surface area contributed by atoms with E-state index in [2.05, 4.69) is 17.2 Å². The van der Waals surface area contributed by atoms with Crippen LogP contribution in [-0.4, -0.2) is 84.0 Å². The van der Waals surface area contributed by atoms with Gasteiger partial charge < -0.3 is 43.4 Å². The van der Waals surface area contributed by atoms with Crippen LogP contribution in [0.2, 0.25) is 0 Å². The number of carbonyl (C=O) groups excluding carboxylic acids is 3. The van der Waals surface area contributed by atoms with E-state index in [1.807, 2.05) is 43.3 Å². The van der Waals surface area contributed by atoms with Gasteiger partial charge in [-0.1, -0.05) is 70.1 Å². The molecule has 6 rings (SSSR count). The molecule has 2 amide bonds. The summed E-state index contributed by atoms with van der Waals surface area (Å²) in [6.45, 7) is 2.88. The second-order valence-electron chi connectivity index (χ2n) is 18.9. The number of aryl methyl sites for hydroxylation is 1. The summed E-state index contributed by atoms with van der Waals surface area (Å²) in [4.78, 5) is 43.5. The predicted octanol–water partition coefficient (Wildman–Crippen LogP) is 11.0. The molecule has 1 N–H and O–H groups in total. The van der Waals surface area contributed by atoms with Crippen LogP contribution in [0.25, 0.3) is 0 Å². The highest BCUT2D eigenvalue weighted by atomic mass is 16.5. The maximum absolute atomic E-state index is 14.5. The van der Waals surface area contributed by atoms with Crippen LogP contribution >= 0.6 is 0 Å². The molecule has 0 aromatic heterocycles. The number of hydrogen-bond donors (Lipinski definition) is 1. The van der Waals surface area contributed by atoms with Crippen molar-refractivity contribution in [1.82, 2.24) is 10.2 Å². The Balaban J connectivity index is 1.01. The number of rotatable bonds is 28. The van der Waals surface area contributed by atoms with Crippen molar-refractivity contribution in [2.75, 3.05) is 55.2 Å². The predicted molar refractivity (Wildman–Crippen MR) is 268 cm³/mol. The van der Waals surface area contributed by atoms with Crippen LogP contribution in [0.3, 0.4) is 0 Å². The number of carbonyl (C=O) groups is 3. The summed E-state index contributed by atoms with van der Waals surface area (Å²) in [6.07, 6.45) is 18.9. The number of hydrogen-bond acceptors (Lipinski definition) is 10. The molecule has 3 aliphatic rings. The minimum atomic E-state index is -0.772. The van der Waals surface area contributed by atoms with E-state index in [1.54, 1.807) is 58.6 Å². The SMILES string of the molecule is CC[C@H](C(=O)N1CCCC[C@H]1C(=O)O[C@H](CCc1ccc(OC)c(OC)c1)c1cccc(OCC(=O)NCCCCCCCCCC[C@@H]2[C@@H]3CCC#CCC[C@@H]32)c1)c1cc(OC)c(OC)c(OC)c1. The third kappa shape index (κ3) is 15.0. The lowest BCUT2D eigenvalue weighted by molar-refractivity contribution is -0.162. The highest BCUT2D eigenvalue weighted by Gasteiger charge is 2.47. The number of likely N-dealkylation sites (tertiary alicyclic amines) is 1. The number of methoxy groups -OCH3 is 5. The Hall–Kier alpha value is -5.57. The molecule has 0 radical (unpaired) electrons. The average Bonchev–Trinajstić information content (AvgIpc) is 4.03. The number of ether oxygens (including phenoxy) is 7. The number of amides is 2. The molecule has 1 saturated heterocycles. The van der Waals surface area contributed by atoms with Crippen LogP contribution in [0.15, 0.2) is 54.6 Å². The van der Waals surface area contributed by atoms with Crippen molar-refractivity contribution in [2.45, 2.75) is 147 Å². The van der Waals surface area contributed by atoms with Crippen molar-refractivity contribution < 1.29 is 47.5 Å². The molecule has 1 aliphatic heterocycles. The van der Waals surface area contributed by atoms with E-state index in [1.165, 1.54) is 57.8 Å². The standard InChI is InChI=1S/C57H78N2O10/c1-7-44(42-37-52(65-4)55(67-6)53(38-42)66-5)56(61)59-34-21-19-28-48(59)57(62)69-49(31-29-40-30-32-50(63-2)51(35-40)64-3)41-23-22-24-43(36-41)68-39-54(60)58-33-20-15-11-9-8-10-12-16-25-45-46-26-17-13-14-18-27-47(45)46/h22-24,30,32,35-38,44-49H,7-12,15-21,25-29,31,33-34,39H2,1-6H3,(H,58,60)/t44-,45-,46+,47-,48-,49+/m0/s1. The Bertz CT molecular complexity index is 2140. The summed E-state index contributed by atoms with van der Waals surface area (Å²) in [6, 6.07) is 16.0. The lowest BCUT2D eigenvalue weighted by atomic mass is 9.91. The smallest absolute Gasteiger partial charge is 0.329 e. The highest BCUT2D eigenvalue weighted by molar-refractivity contribution is 5.89. The third-order valence-corrected chi connectivity index (χ3v) is 14.5. The van der Waals surface area contributed by atoms with Gasteiger partial charge in [0.25, 0.3) is 5.91 Å². The summed E-state index contributed by atoms with van der Waals surface area (Å²) in [5.74, 6) is 11.3. The van der Waals surface area contributed by atoms with Gasteiger partial charge in [-0.15, -0.1) is 11.8 Å². The normalized spacial score (nSPS) is 19.2.